The number of hydrogen-bond acceptors (Lipinski definition) is 3. The lowest BCUT2D eigenvalue weighted by Gasteiger charge is -2.28. The molecule has 0 spiro atoms. The molecule has 2 rings (SSSR count). The van der Waals surface area contributed by atoms with Gasteiger partial charge in [0.05, 0.1) is 12.2 Å². The van der Waals surface area contributed by atoms with Crippen LogP contribution in [0.15, 0.2) is 36.4 Å². The minimum absolute atomic E-state index is 0.0679. The maximum Gasteiger partial charge on any atom is 0.341 e. The Labute approximate surface area is 133 Å². The van der Waals surface area contributed by atoms with Crippen LogP contribution in [0.5, 0.6) is 5.75 Å². The first kappa shape index (κ1) is 16.8. The van der Waals surface area contributed by atoms with Crippen molar-refractivity contribution in [2.45, 2.75) is 51.4 Å². The molecule has 1 N–H and O–H groups in total. The molecule has 0 saturated heterocycles. The first-order valence-electron chi connectivity index (χ1n) is 8.24. The van der Waals surface area contributed by atoms with E-state index in [4.69, 9.17) is 9.84 Å². The Morgan fingerprint density at radius 2 is 1.86 bits per heavy atom. The highest BCUT2D eigenvalue weighted by molar-refractivity contribution is 5.89. The summed E-state index contributed by atoms with van der Waals surface area (Å²) in [6.07, 6.45) is 7.80. The van der Waals surface area contributed by atoms with Crippen LogP contribution in [0, 0.1) is 5.92 Å². The molecule has 1 saturated carbocycles. The molecule has 0 atom stereocenters. The standard InChI is InChI=1S/C19H26O3/c1-3-4-15-5-7-16(8-6-15)17-9-11-18(12-10-17)22-19(21)14(2)13-20/h9-12,15-16,20H,2-8,13H2,1H3. The van der Waals surface area contributed by atoms with E-state index in [1.807, 2.05) is 12.1 Å². The number of ether oxygens (including phenoxy) is 1. The van der Waals surface area contributed by atoms with Crippen LogP contribution < -0.4 is 4.74 Å². The van der Waals surface area contributed by atoms with Crippen LogP contribution in [0.25, 0.3) is 0 Å². The van der Waals surface area contributed by atoms with Crippen molar-refractivity contribution in [1.82, 2.24) is 0 Å². The molecule has 1 aliphatic rings. The van der Waals surface area contributed by atoms with Gasteiger partial charge in [-0.3, -0.25) is 0 Å². The van der Waals surface area contributed by atoms with Gasteiger partial charge >= 0.3 is 5.97 Å². The van der Waals surface area contributed by atoms with Crippen molar-refractivity contribution in [3.05, 3.63) is 42.0 Å². The van der Waals surface area contributed by atoms with E-state index in [1.165, 1.54) is 44.1 Å². The minimum atomic E-state index is -0.574. The van der Waals surface area contributed by atoms with Crippen LogP contribution in [0.4, 0.5) is 0 Å². The van der Waals surface area contributed by atoms with Gasteiger partial charge in [-0.05, 0) is 55.2 Å². The summed E-state index contributed by atoms with van der Waals surface area (Å²) in [7, 11) is 0. The maximum atomic E-state index is 11.5. The van der Waals surface area contributed by atoms with Crippen LogP contribution in [-0.2, 0) is 4.79 Å². The topological polar surface area (TPSA) is 46.5 Å². The maximum absolute atomic E-state index is 11.5. The van der Waals surface area contributed by atoms with Crippen molar-refractivity contribution >= 4 is 5.97 Å². The van der Waals surface area contributed by atoms with Gasteiger partial charge in [0.1, 0.15) is 5.75 Å². The number of esters is 1. The molecule has 22 heavy (non-hydrogen) atoms. The number of carbonyl (C=O) groups excluding carboxylic acids is 1. The molecular formula is C19H26O3. The van der Waals surface area contributed by atoms with Gasteiger partial charge in [-0.2, -0.15) is 0 Å². The minimum Gasteiger partial charge on any atom is -0.423 e. The van der Waals surface area contributed by atoms with Crippen molar-refractivity contribution in [3.63, 3.8) is 0 Å². The predicted octanol–water partition coefficient (Wildman–Crippen LogP) is 4.21. The molecule has 1 aromatic carbocycles. The molecule has 0 heterocycles. The lowest BCUT2D eigenvalue weighted by atomic mass is 9.77. The number of hydrogen-bond donors (Lipinski definition) is 1. The van der Waals surface area contributed by atoms with Gasteiger partial charge in [0.25, 0.3) is 0 Å². The number of aliphatic hydroxyl groups is 1. The molecule has 1 aromatic rings. The van der Waals surface area contributed by atoms with E-state index in [0.29, 0.717) is 11.7 Å². The molecule has 3 nitrogen and oxygen atoms in total. The lowest BCUT2D eigenvalue weighted by Crippen LogP contribution is -2.14. The van der Waals surface area contributed by atoms with Gasteiger partial charge in [0.15, 0.2) is 0 Å². The van der Waals surface area contributed by atoms with Gasteiger partial charge in [0.2, 0.25) is 0 Å². The molecule has 0 aromatic heterocycles. The first-order valence-corrected chi connectivity index (χ1v) is 8.24. The second-order valence-electron chi connectivity index (χ2n) is 6.23. The van der Waals surface area contributed by atoms with Crippen LogP contribution in [-0.4, -0.2) is 17.7 Å². The molecule has 0 amide bonds. The van der Waals surface area contributed by atoms with Crippen LogP contribution in [0.3, 0.4) is 0 Å². The largest absolute Gasteiger partial charge is 0.423 e. The molecule has 120 valence electrons. The van der Waals surface area contributed by atoms with Crippen molar-refractivity contribution in [3.8, 4) is 5.75 Å². The van der Waals surface area contributed by atoms with E-state index in [9.17, 15) is 4.79 Å². The molecule has 1 fully saturated rings. The Balaban J connectivity index is 1.90. The molecule has 0 aliphatic heterocycles. The highest BCUT2D eigenvalue weighted by atomic mass is 16.5. The zero-order valence-corrected chi connectivity index (χ0v) is 13.4. The first-order chi connectivity index (χ1) is 10.6. The third-order valence-corrected chi connectivity index (χ3v) is 4.59. The summed E-state index contributed by atoms with van der Waals surface area (Å²) in [5, 5.41) is 8.86. The Bertz CT molecular complexity index is 496. The number of carbonyl (C=O) groups is 1. The van der Waals surface area contributed by atoms with Crippen molar-refractivity contribution < 1.29 is 14.6 Å². The highest BCUT2D eigenvalue weighted by Gasteiger charge is 2.21. The third-order valence-electron chi connectivity index (χ3n) is 4.59. The van der Waals surface area contributed by atoms with E-state index >= 15 is 0 Å². The normalized spacial score (nSPS) is 21.4. The zero-order valence-electron chi connectivity index (χ0n) is 13.4. The monoisotopic (exact) mass is 302 g/mol. The number of rotatable bonds is 6. The van der Waals surface area contributed by atoms with E-state index < -0.39 is 5.97 Å². The van der Waals surface area contributed by atoms with E-state index in [2.05, 4.69) is 25.6 Å². The van der Waals surface area contributed by atoms with E-state index in [-0.39, 0.29) is 12.2 Å². The van der Waals surface area contributed by atoms with Crippen LogP contribution in [0.1, 0.15) is 56.9 Å². The molecule has 0 bridgehead atoms. The zero-order chi connectivity index (χ0) is 15.9. The molecule has 0 radical (unpaired) electrons. The Morgan fingerprint density at radius 1 is 1.23 bits per heavy atom. The van der Waals surface area contributed by atoms with Crippen molar-refractivity contribution in [2.75, 3.05) is 6.61 Å². The van der Waals surface area contributed by atoms with Gasteiger partial charge in [-0.15, -0.1) is 0 Å². The average molecular weight is 302 g/mol. The summed E-state index contributed by atoms with van der Waals surface area (Å²) in [6, 6.07) is 7.76. The summed E-state index contributed by atoms with van der Waals surface area (Å²) in [4.78, 5) is 11.5. The van der Waals surface area contributed by atoms with Crippen LogP contribution in [0.2, 0.25) is 0 Å². The molecule has 1 aliphatic carbocycles. The summed E-state index contributed by atoms with van der Waals surface area (Å²) in [5.41, 5.74) is 1.40. The Kier molecular flexibility index (Phi) is 6.20. The summed E-state index contributed by atoms with van der Waals surface area (Å²) < 4.78 is 5.16. The summed E-state index contributed by atoms with van der Waals surface area (Å²) in [6.45, 7) is 5.34. The smallest absolute Gasteiger partial charge is 0.341 e. The average Bonchev–Trinajstić information content (AvgIpc) is 2.56. The fourth-order valence-corrected chi connectivity index (χ4v) is 3.24. The summed E-state index contributed by atoms with van der Waals surface area (Å²) in [5.74, 6) is 1.47. The fraction of sp³-hybridized carbons (Fsp3) is 0.526. The molecule has 3 heteroatoms. The summed E-state index contributed by atoms with van der Waals surface area (Å²) >= 11 is 0. The predicted molar refractivity (Wildman–Crippen MR) is 87.9 cm³/mol. The van der Waals surface area contributed by atoms with E-state index in [0.717, 1.165) is 5.92 Å². The second kappa shape index (κ2) is 8.14. The van der Waals surface area contributed by atoms with E-state index in [1.54, 1.807) is 0 Å². The third kappa shape index (κ3) is 4.44. The SMILES string of the molecule is C=C(CO)C(=O)Oc1ccc(C2CCC(CCC)CC2)cc1. The van der Waals surface area contributed by atoms with Crippen molar-refractivity contribution in [1.29, 1.82) is 0 Å². The quantitative estimate of drug-likeness (QED) is 0.486. The van der Waals surface area contributed by atoms with Gasteiger partial charge in [0, 0.05) is 0 Å². The van der Waals surface area contributed by atoms with Crippen LogP contribution >= 0.6 is 0 Å². The number of aliphatic hydroxyl groups excluding tert-OH is 1. The Hall–Kier alpha value is -1.61. The van der Waals surface area contributed by atoms with Gasteiger partial charge in [-0.1, -0.05) is 38.5 Å². The number of benzene rings is 1. The van der Waals surface area contributed by atoms with Gasteiger partial charge < -0.3 is 9.84 Å². The Morgan fingerprint density at radius 3 is 2.41 bits per heavy atom. The highest BCUT2D eigenvalue weighted by Crippen LogP contribution is 2.37. The fourth-order valence-electron chi connectivity index (χ4n) is 3.24. The molecule has 0 unspecified atom stereocenters. The molecular weight excluding hydrogens is 276 g/mol. The lowest BCUT2D eigenvalue weighted by molar-refractivity contribution is -0.130. The second-order valence-corrected chi connectivity index (χ2v) is 6.23. The van der Waals surface area contributed by atoms with Crippen molar-refractivity contribution in [2.24, 2.45) is 5.92 Å². The van der Waals surface area contributed by atoms with Gasteiger partial charge in [-0.25, -0.2) is 4.79 Å².